The number of hydrogen-bond acceptors (Lipinski definition) is 4. The molecule has 0 aliphatic rings. The molecule has 108 valence electrons. The van der Waals surface area contributed by atoms with Gasteiger partial charge < -0.3 is 19.5 Å². The van der Waals surface area contributed by atoms with Gasteiger partial charge in [0.25, 0.3) is 0 Å². The van der Waals surface area contributed by atoms with Crippen molar-refractivity contribution in [2.75, 3.05) is 20.8 Å². The summed E-state index contributed by atoms with van der Waals surface area (Å²) in [7, 11) is 3.26. The molecule has 19 heavy (non-hydrogen) atoms. The molecule has 0 amide bonds. The Bertz CT molecular complexity index is 359. The maximum absolute atomic E-state index is 5.94. The Hall–Kier alpha value is -1.42. The summed E-state index contributed by atoms with van der Waals surface area (Å²) in [6.07, 6.45) is 1.19. The van der Waals surface area contributed by atoms with Gasteiger partial charge in [-0.2, -0.15) is 0 Å². The Kier molecular flexibility index (Phi) is 6.50. The van der Waals surface area contributed by atoms with Gasteiger partial charge in [0, 0.05) is 24.2 Å². The highest BCUT2D eigenvalue weighted by atomic mass is 16.5. The van der Waals surface area contributed by atoms with E-state index < -0.39 is 0 Å². The average molecular weight is 267 g/mol. The van der Waals surface area contributed by atoms with E-state index in [2.05, 4.69) is 26.1 Å². The Morgan fingerprint density at radius 1 is 1.00 bits per heavy atom. The molecule has 1 rings (SSSR count). The van der Waals surface area contributed by atoms with Crippen molar-refractivity contribution in [3.63, 3.8) is 0 Å². The van der Waals surface area contributed by atoms with Crippen molar-refractivity contribution in [1.29, 1.82) is 0 Å². The summed E-state index contributed by atoms with van der Waals surface area (Å²) in [5.41, 5.74) is 0. The van der Waals surface area contributed by atoms with E-state index in [0.717, 1.165) is 30.2 Å². The first-order chi connectivity index (χ1) is 9.10. The molecule has 0 bridgehead atoms. The Balaban J connectivity index is 2.69. The van der Waals surface area contributed by atoms with Gasteiger partial charge in [-0.1, -0.05) is 6.92 Å². The van der Waals surface area contributed by atoms with E-state index in [9.17, 15) is 0 Å². The molecule has 0 aliphatic heterocycles. The van der Waals surface area contributed by atoms with Crippen LogP contribution >= 0.6 is 0 Å². The van der Waals surface area contributed by atoms with Gasteiger partial charge in [-0.05, 0) is 26.8 Å². The molecule has 0 aliphatic carbocycles. The molecular formula is C15H25NO3. The van der Waals surface area contributed by atoms with Crippen molar-refractivity contribution < 1.29 is 14.2 Å². The minimum absolute atomic E-state index is 0.0726. The second kappa shape index (κ2) is 7.89. The third-order valence-corrected chi connectivity index (χ3v) is 3.07. The van der Waals surface area contributed by atoms with E-state index in [-0.39, 0.29) is 12.1 Å². The van der Waals surface area contributed by atoms with E-state index in [1.807, 2.05) is 18.2 Å². The largest absolute Gasteiger partial charge is 0.496 e. The predicted octanol–water partition coefficient (Wildman–Crippen LogP) is 2.86. The lowest BCUT2D eigenvalue weighted by molar-refractivity contribution is 0.177. The van der Waals surface area contributed by atoms with E-state index in [0.29, 0.717) is 0 Å². The van der Waals surface area contributed by atoms with Gasteiger partial charge in [0.15, 0.2) is 0 Å². The maximum Gasteiger partial charge on any atom is 0.127 e. The summed E-state index contributed by atoms with van der Waals surface area (Å²) in [6.45, 7) is 7.32. The molecule has 1 N–H and O–H groups in total. The van der Waals surface area contributed by atoms with Crippen molar-refractivity contribution >= 4 is 0 Å². The quantitative estimate of drug-likeness (QED) is 0.786. The summed E-state index contributed by atoms with van der Waals surface area (Å²) < 4.78 is 16.4. The van der Waals surface area contributed by atoms with Gasteiger partial charge in [0.2, 0.25) is 0 Å². The number of rotatable bonds is 8. The first-order valence-corrected chi connectivity index (χ1v) is 6.73. The fourth-order valence-corrected chi connectivity index (χ4v) is 1.70. The highest BCUT2D eigenvalue weighted by Gasteiger charge is 2.14. The highest BCUT2D eigenvalue weighted by molar-refractivity contribution is 5.42. The molecule has 4 heteroatoms. The standard InChI is InChI=1S/C15H25NO3/c1-6-7-16-11(2)12(3)19-15-9-13(17-4)8-14(10-15)18-5/h8-12,16H,6-7H2,1-5H3. The number of methoxy groups -OCH3 is 2. The molecule has 4 nitrogen and oxygen atoms in total. The van der Waals surface area contributed by atoms with Crippen LogP contribution in [0.25, 0.3) is 0 Å². The van der Waals surface area contributed by atoms with Crippen LogP contribution in [0, 0.1) is 0 Å². The van der Waals surface area contributed by atoms with Crippen LogP contribution in [-0.4, -0.2) is 32.9 Å². The van der Waals surface area contributed by atoms with Crippen LogP contribution in [0.5, 0.6) is 17.2 Å². The van der Waals surface area contributed by atoms with Crippen LogP contribution < -0.4 is 19.5 Å². The SMILES string of the molecule is CCCNC(C)C(C)Oc1cc(OC)cc(OC)c1. The third-order valence-electron chi connectivity index (χ3n) is 3.07. The fourth-order valence-electron chi connectivity index (χ4n) is 1.70. The molecule has 2 unspecified atom stereocenters. The second-order valence-corrected chi connectivity index (χ2v) is 4.61. The van der Waals surface area contributed by atoms with Gasteiger partial charge in [-0.25, -0.2) is 0 Å². The third kappa shape index (κ3) is 4.99. The zero-order chi connectivity index (χ0) is 14.3. The summed E-state index contributed by atoms with van der Waals surface area (Å²) in [4.78, 5) is 0. The lowest BCUT2D eigenvalue weighted by Gasteiger charge is -2.23. The van der Waals surface area contributed by atoms with Crippen LogP contribution in [0.15, 0.2) is 18.2 Å². The van der Waals surface area contributed by atoms with Crippen molar-refractivity contribution in [3.05, 3.63) is 18.2 Å². The van der Waals surface area contributed by atoms with Crippen molar-refractivity contribution in [2.45, 2.75) is 39.3 Å². The van der Waals surface area contributed by atoms with Crippen LogP contribution in [0.4, 0.5) is 0 Å². The van der Waals surface area contributed by atoms with Crippen LogP contribution in [0.3, 0.4) is 0 Å². The molecular weight excluding hydrogens is 242 g/mol. The van der Waals surface area contributed by atoms with Crippen molar-refractivity contribution in [2.24, 2.45) is 0 Å². The number of nitrogens with one attached hydrogen (secondary N) is 1. The Morgan fingerprint density at radius 3 is 2.00 bits per heavy atom. The van der Waals surface area contributed by atoms with Gasteiger partial charge in [-0.3, -0.25) is 0 Å². The normalized spacial score (nSPS) is 13.7. The van der Waals surface area contributed by atoms with Gasteiger partial charge in [-0.15, -0.1) is 0 Å². The molecule has 0 saturated heterocycles. The first-order valence-electron chi connectivity index (χ1n) is 6.73. The highest BCUT2D eigenvalue weighted by Crippen LogP contribution is 2.28. The monoisotopic (exact) mass is 267 g/mol. The van der Waals surface area contributed by atoms with Gasteiger partial charge in [0.05, 0.1) is 14.2 Å². The minimum Gasteiger partial charge on any atom is -0.496 e. The average Bonchev–Trinajstić information content (AvgIpc) is 2.43. The van der Waals surface area contributed by atoms with Crippen LogP contribution in [-0.2, 0) is 0 Å². The number of ether oxygens (including phenoxy) is 3. The van der Waals surface area contributed by atoms with E-state index in [1.54, 1.807) is 14.2 Å². The Morgan fingerprint density at radius 2 is 1.53 bits per heavy atom. The van der Waals surface area contributed by atoms with E-state index in [4.69, 9.17) is 14.2 Å². The fraction of sp³-hybridized carbons (Fsp3) is 0.600. The summed E-state index contributed by atoms with van der Waals surface area (Å²) >= 11 is 0. The van der Waals surface area contributed by atoms with Gasteiger partial charge >= 0.3 is 0 Å². The zero-order valence-corrected chi connectivity index (χ0v) is 12.5. The summed E-state index contributed by atoms with van der Waals surface area (Å²) in [5, 5.41) is 3.42. The van der Waals surface area contributed by atoms with E-state index in [1.165, 1.54) is 0 Å². The molecule has 0 fully saturated rings. The smallest absolute Gasteiger partial charge is 0.127 e. The van der Waals surface area contributed by atoms with Crippen molar-refractivity contribution in [3.8, 4) is 17.2 Å². The molecule has 0 heterocycles. The van der Waals surface area contributed by atoms with Crippen LogP contribution in [0.2, 0.25) is 0 Å². The molecule has 0 saturated carbocycles. The molecule has 0 radical (unpaired) electrons. The molecule has 0 spiro atoms. The number of benzene rings is 1. The lowest BCUT2D eigenvalue weighted by atomic mass is 10.2. The minimum atomic E-state index is 0.0726. The lowest BCUT2D eigenvalue weighted by Crippen LogP contribution is -2.39. The molecule has 0 aromatic heterocycles. The predicted molar refractivity (Wildman–Crippen MR) is 77.4 cm³/mol. The zero-order valence-electron chi connectivity index (χ0n) is 12.5. The van der Waals surface area contributed by atoms with Crippen molar-refractivity contribution in [1.82, 2.24) is 5.32 Å². The Labute approximate surface area is 116 Å². The van der Waals surface area contributed by atoms with Crippen LogP contribution in [0.1, 0.15) is 27.2 Å². The first kappa shape index (κ1) is 15.6. The summed E-state index contributed by atoms with van der Waals surface area (Å²) in [6, 6.07) is 5.85. The topological polar surface area (TPSA) is 39.7 Å². The van der Waals surface area contributed by atoms with E-state index >= 15 is 0 Å². The molecule has 1 aromatic rings. The molecule has 2 atom stereocenters. The number of hydrogen-bond donors (Lipinski definition) is 1. The van der Waals surface area contributed by atoms with Gasteiger partial charge in [0.1, 0.15) is 23.4 Å². The summed E-state index contributed by atoms with van der Waals surface area (Å²) in [5.74, 6) is 2.22. The second-order valence-electron chi connectivity index (χ2n) is 4.61. The maximum atomic E-state index is 5.94. The molecule has 1 aromatic carbocycles.